The molecule has 1 N–H and O–H groups in total. The number of benzene rings is 1. The van der Waals surface area contributed by atoms with Gasteiger partial charge in [0.1, 0.15) is 0 Å². The molecule has 0 spiro atoms. The second-order valence-electron chi connectivity index (χ2n) is 3.63. The fourth-order valence-corrected chi connectivity index (χ4v) is 3.62. The highest BCUT2D eigenvalue weighted by atomic mass is 35.5. The van der Waals surface area contributed by atoms with Gasteiger partial charge in [-0.3, -0.25) is 0 Å². The van der Waals surface area contributed by atoms with Crippen molar-refractivity contribution in [3.63, 3.8) is 0 Å². The third-order valence-electron chi connectivity index (χ3n) is 2.40. The number of halogens is 1. The van der Waals surface area contributed by atoms with Crippen molar-refractivity contribution in [1.29, 1.82) is 5.26 Å². The average molecular weight is 257 g/mol. The van der Waals surface area contributed by atoms with Crippen LogP contribution in [0.3, 0.4) is 0 Å². The zero-order valence-corrected chi connectivity index (χ0v) is 9.85. The molecule has 0 saturated heterocycles. The minimum absolute atomic E-state index is 0.0616. The first-order valence-electron chi connectivity index (χ1n) is 4.69. The van der Waals surface area contributed by atoms with Crippen LogP contribution in [0.2, 0.25) is 5.02 Å². The van der Waals surface area contributed by atoms with Crippen molar-refractivity contribution >= 4 is 27.1 Å². The van der Waals surface area contributed by atoms with Gasteiger partial charge < -0.3 is 5.32 Å². The van der Waals surface area contributed by atoms with E-state index >= 15 is 0 Å². The zero-order valence-electron chi connectivity index (χ0n) is 8.27. The van der Waals surface area contributed by atoms with Crippen LogP contribution in [0.4, 0.5) is 5.69 Å². The van der Waals surface area contributed by atoms with Crippen LogP contribution < -0.4 is 5.32 Å². The molecule has 0 bridgehead atoms. The summed E-state index contributed by atoms with van der Waals surface area (Å²) < 4.78 is 23.8. The molecule has 0 fully saturated rings. The van der Waals surface area contributed by atoms with Gasteiger partial charge >= 0.3 is 0 Å². The standard InChI is InChI=1S/C10H9ClN2O2S/c11-7-1-2-9-10(5-7)16(14,15)6-8(13-9)3-4-12/h1-2,5,8,13H,3,6H2. The lowest BCUT2D eigenvalue weighted by Crippen LogP contribution is -2.33. The predicted octanol–water partition coefficient (Wildman–Crippen LogP) is 1.82. The molecule has 0 amide bonds. The van der Waals surface area contributed by atoms with Crippen molar-refractivity contribution in [3.05, 3.63) is 23.2 Å². The molecule has 4 nitrogen and oxygen atoms in total. The Morgan fingerprint density at radius 1 is 1.56 bits per heavy atom. The van der Waals surface area contributed by atoms with E-state index in [0.29, 0.717) is 10.7 Å². The molecule has 0 aliphatic carbocycles. The van der Waals surface area contributed by atoms with E-state index in [-0.39, 0.29) is 23.1 Å². The van der Waals surface area contributed by atoms with Crippen LogP contribution in [-0.4, -0.2) is 20.2 Å². The van der Waals surface area contributed by atoms with Crippen LogP contribution in [0.25, 0.3) is 0 Å². The van der Waals surface area contributed by atoms with E-state index in [4.69, 9.17) is 16.9 Å². The lowest BCUT2D eigenvalue weighted by atomic mass is 10.2. The Kier molecular flexibility index (Phi) is 2.78. The van der Waals surface area contributed by atoms with E-state index in [9.17, 15) is 8.42 Å². The maximum Gasteiger partial charge on any atom is 0.182 e. The SMILES string of the molecule is N#CCC1CS(=O)(=O)c2cc(Cl)ccc2N1. The number of hydrogen-bond acceptors (Lipinski definition) is 4. The molecule has 1 aliphatic heterocycles. The van der Waals surface area contributed by atoms with Crippen molar-refractivity contribution in [2.75, 3.05) is 11.1 Å². The number of nitrogens with one attached hydrogen (secondary N) is 1. The van der Waals surface area contributed by atoms with Crippen molar-refractivity contribution < 1.29 is 8.42 Å². The molecule has 0 saturated carbocycles. The van der Waals surface area contributed by atoms with Crippen LogP contribution in [-0.2, 0) is 9.84 Å². The van der Waals surface area contributed by atoms with Gasteiger partial charge in [0.15, 0.2) is 9.84 Å². The van der Waals surface area contributed by atoms with Gasteiger partial charge in [-0.1, -0.05) is 11.6 Å². The molecule has 1 aromatic rings. The number of fused-ring (bicyclic) bond motifs is 1. The quantitative estimate of drug-likeness (QED) is 0.832. The summed E-state index contributed by atoms with van der Waals surface area (Å²) in [6.45, 7) is 0. The Labute approximate surface area is 98.8 Å². The summed E-state index contributed by atoms with van der Waals surface area (Å²) >= 11 is 5.76. The van der Waals surface area contributed by atoms with Gasteiger partial charge in [-0.2, -0.15) is 5.26 Å². The minimum atomic E-state index is -3.33. The molecule has 1 aliphatic rings. The normalized spacial score (nSPS) is 21.6. The third kappa shape index (κ3) is 1.99. The van der Waals surface area contributed by atoms with E-state index in [2.05, 4.69) is 5.32 Å². The van der Waals surface area contributed by atoms with Crippen LogP contribution in [0.15, 0.2) is 23.1 Å². The number of nitriles is 1. The average Bonchev–Trinajstić information content (AvgIpc) is 2.19. The Hall–Kier alpha value is -1.25. The summed E-state index contributed by atoms with van der Waals surface area (Å²) in [5, 5.41) is 12.0. The van der Waals surface area contributed by atoms with Gasteiger partial charge in [-0.25, -0.2) is 8.42 Å². The number of sulfone groups is 1. The summed E-state index contributed by atoms with van der Waals surface area (Å²) in [5.74, 6) is -0.0616. The van der Waals surface area contributed by atoms with Crippen LogP contribution in [0, 0.1) is 11.3 Å². The zero-order chi connectivity index (χ0) is 11.8. The summed E-state index contributed by atoms with van der Waals surface area (Å²) in [6, 6.07) is 6.30. The second-order valence-corrected chi connectivity index (χ2v) is 6.06. The molecule has 16 heavy (non-hydrogen) atoms. The fraction of sp³-hybridized carbons (Fsp3) is 0.300. The lowest BCUT2D eigenvalue weighted by Gasteiger charge is -2.25. The third-order valence-corrected chi connectivity index (χ3v) is 4.48. The van der Waals surface area contributed by atoms with E-state index in [1.54, 1.807) is 12.1 Å². The highest BCUT2D eigenvalue weighted by molar-refractivity contribution is 7.91. The maximum absolute atomic E-state index is 11.9. The van der Waals surface area contributed by atoms with E-state index in [1.165, 1.54) is 6.07 Å². The Morgan fingerprint density at radius 3 is 3.00 bits per heavy atom. The largest absolute Gasteiger partial charge is 0.379 e. The minimum Gasteiger partial charge on any atom is -0.379 e. The number of anilines is 1. The number of hydrogen-bond donors (Lipinski definition) is 1. The van der Waals surface area contributed by atoms with Gasteiger partial charge in [0.25, 0.3) is 0 Å². The van der Waals surface area contributed by atoms with Crippen molar-refractivity contribution in [2.45, 2.75) is 17.4 Å². The maximum atomic E-state index is 11.9. The molecule has 2 rings (SSSR count). The van der Waals surface area contributed by atoms with Gasteiger partial charge in [-0.05, 0) is 18.2 Å². The molecule has 0 radical (unpaired) electrons. The first-order chi connectivity index (χ1) is 7.53. The molecular weight excluding hydrogens is 248 g/mol. The lowest BCUT2D eigenvalue weighted by molar-refractivity contribution is 0.586. The highest BCUT2D eigenvalue weighted by Crippen LogP contribution is 2.31. The van der Waals surface area contributed by atoms with Gasteiger partial charge in [0.05, 0.1) is 34.9 Å². The molecule has 1 heterocycles. The molecular formula is C10H9ClN2O2S. The summed E-state index contributed by atoms with van der Waals surface area (Å²) in [7, 11) is -3.33. The number of nitrogens with zero attached hydrogens (tertiary/aromatic N) is 1. The van der Waals surface area contributed by atoms with Crippen molar-refractivity contribution in [2.24, 2.45) is 0 Å². The van der Waals surface area contributed by atoms with Crippen LogP contribution in [0.5, 0.6) is 0 Å². The summed E-state index contributed by atoms with van der Waals surface area (Å²) in [4.78, 5) is 0.217. The van der Waals surface area contributed by atoms with Crippen LogP contribution in [0.1, 0.15) is 6.42 Å². The van der Waals surface area contributed by atoms with Gasteiger partial charge in [0.2, 0.25) is 0 Å². The molecule has 0 aromatic heterocycles. The molecule has 1 aromatic carbocycles. The summed E-state index contributed by atoms with van der Waals surface area (Å²) in [5.41, 5.74) is 0.524. The fourth-order valence-electron chi connectivity index (χ4n) is 1.71. The summed E-state index contributed by atoms with van der Waals surface area (Å²) in [6.07, 6.45) is 0.168. The van der Waals surface area contributed by atoms with Crippen LogP contribution >= 0.6 is 11.6 Å². The van der Waals surface area contributed by atoms with E-state index in [1.807, 2.05) is 6.07 Å². The van der Waals surface area contributed by atoms with Gasteiger partial charge in [0, 0.05) is 5.02 Å². The second kappa shape index (κ2) is 3.96. The van der Waals surface area contributed by atoms with E-state index in [0.717, 1.165) is 0 Å². The highest BCUT2D eigenvalue weighted by Gasteiger charge is 2.29. The van der Waals surface area contributed by atoms with Crippen molar-refractivity contribution in [1.82, 2.24) is 0 Å². The van der Waals surface area contributed by atoms with E-state index < -0.39 is 9.84 Å². The molecule has 84 valence electrons. The predicted molar refractivity (Wildman–Crippen MR) is 61.1 cm³/mol. The topological polar surface area (TPSA) is 70.0 Å². The first-order valence-corrected chi connectivity index (χ1v) is 6.72. The number of rotatable bonds is 1. The molecule has 6 heteroatoms. The monoisotopic (exact) mass is 256 g/mol. The smallest absolute Gasteiger partial charge is 0.182 e. The Morgan fingerprint density at radius 2 is 2.31 bits per heavy atom. The first kappa shape index (κ1) is 11.2. The Bertz CT molecular complexity index is 563. The Balaban J connectivity index is 2.48. The van der Waals surface area contributed by atoms with Gasteiger partial charge in [-0.15, -0.1) is 0 Å². The molecule has 1 atom stereocenters. The molecule has 1 unspecified atom stereocenters. The van der Waals surface area contributed by atoms with Crippen molar-refractivity contribution in [3.8, 4) is 6.07 Å².